The number of nitrogens with zero attached hydrogens (tertiary/aromatic N) is 1. The summed E-state index contributed by atoms with van der Waals surface area (Å²) in [6.45, 7) is 7.00. The second kappa shape index (κ2) is 9.36. The normalized spacial score (nSPS) is 12.6. The van der Waals surface area contributed by atoms with Crippen molar-refractivity contribution in [1.29, 1.82) is 0 Å². The molecule has 3 nitrogen and oxygen atoms in total. The quantitative estimate of drug-likeness (QED) is 0.551. The summed E-state index contributed by atoms with van der Waals surface area (Å²) in [5, 5.41) is 4.52. The molecule has 0 amide bonds. The number of nitrogens with one attached hydrogen (secondary N) is 1. The fraction of sp³-hybridized carbons (Fsp3) is 0.643. The lowest BCUT2D eigenvalue weighted by Gasteiger charge is -2.11. The molecule has 0 bridgehead atoms. The van der Waals surface area contributed by atoms with E-state index in [1.54, 1.807) is 7.11 Å². The van der Waals surface area contributed by atoms with Gasteiger partial charge in [0.15, 0.2) is 0 Å². The highest BCUT2D eigenvalue weighted by Crippen LogP contribution is 2.23. The highest BCUT2D eigenvalue weighted by molar-refractivity contribution is 7.99. The van der Waals surface area contributed by atoms with Gasteiger partial charge in [0.1, 0.15) is 5.03 Å². The molecular weight excluding hydrogens is 244 g/mol. The molecule has 0 saturated carbocycles. The molecule has 1 unspecified atom stereocenters. The van der Waals surface area contributed by atoms with Crippen molar-refractivity contribution in [3.8, 4) is 0 Å². The molecule has 0 aliphatic rings. The molecule has 1 N–H and O–H groups in total. The first kappa shape index (κ1) is 15.5. The standard InChI is InChI=1S/C14H24N2OS/c1-4-12(2)11-18-14-13(6-5-7-16-14)10-15-8-9-17-3/h5-7,12,15H,4,8-11H2,1-3H3. The van der Waals surface area contributed by atoms with E-state index < -0.39 is 0 Å². The Morgan fingerprint density at radius 1 is 1.50 bits per heavy atom. The lowest BCUT2D eigenvalue weighted by Crippen LogP contribution is -2.19. The number of hydrogen-bond acceptors (Lipinski definition) is 4. The van der Waals surface area contributed by atoms with E-state index in [2.05, 4.69) is 30.2 Å². The molecule has 1 atom stereocenters. The van der Waals surface area contributed by atoms with Gasteiger partial charge in [0, 0.05) is 32.1 Å². The minimum atomic E-state index is 0.742. The van der Waals surface area contributed by atoms with Crippen LogP contribution in [0.1, 0.15) is 25.8 Å². The lowest BCUT2D eigenvalue weighted by atomic mass is 10.2. The predicted octanol–water partition coefficient (Wildman–Crippen LogP) is 2.96. The number of methoxy groups -OCH3 is 1. The third-order valence-corrected chi connectivity index (χ3v) is 4.23. The summed E-state index contributed by atoms with van der Waals surface area (Å²) in [7, 11) is 1.72. The van der Waals surface area contributed by atoms with Gasteiger partial charge in [-0.15, -0.1) is 11.8 Å². The first-order valence-electron chi connectivity index (χ1n) is 6.54. The van der Waals surface area contributed by atoms with Gasteiger partial charge in [-0.05, 0) is 17.5 Å². The van der Waals surface area contributed by atoms with E-state index in [0.717, 1.165) is 36.4 Å². The van der Waals surface area contributed by atoms with E-state index in [9.17, 15) is 0 Å². The van der Waals surface area contributed by atoms with E-state index in [-0.39, 0.29) is 0 Å². The van der Waals surface area contributed by atoms with Crippen LogP contribution in [0.3, 0.4) is 0 Å². The van der Waals surface area contributed by atoms with Gasteiger partial charge in [0.2, 0.25) is 0 Å². The van der Waals surface area contributed by atoms with Crippen molar-refractivity contribution in [2.24, 2.45) is 5.92 Å². The van der Waals surface area contributed by atoms with Crippen LogP contribution in [0.5, 0.6) is 0 Å². The summed E-state index contributed by atoms with van der Waals surface area (Å²) in [6, 6.07) is 4.15. The van der Waals surface area contributed by atoms with Crippen molar-refractivity contribution in [3.63, 3.8) is 0 Å². The maximum absolute atomic E-state index is 5.02. The van der Waals surface area contributed by atoms with Crippen LogP contribution >= 0.6 is 11.8 Å². The number of pyridine rings is 1. The fourth-order valence-electron chi connectivity index (χ4n) is 1.42. The molecule has 0 radical (unpaired) electrons. The summed E-state index contributed by atoms with van der Waals surface area (Å²) >= 11 is 1.86. The minimum Gasteiger partial charge on any atom is -0.383 e. The molecule has 1 rings (SSSR count). The molecule has 0 spiro atoms. The molecule has 0 aliphatic heterocycles. The number of aromatic nitrogens is 1. The zero-order valence-electron chi connectivity index (χ0n) is 11.6. The van der Waals surface area contributed by atoms with Crippen molar-refractivity contribution in [1.82, 2.24) is 10.3 Å². The van der Waals surface area contributed by atoms with Gasteiger partial charge in [0.25, 0.3) is 0 Å². The van der Waals surface area contributed by atoms with Crippen molar-refractivity contribution in [3.05, 3.63) is 23.9 Å². The maximum atomic E-state index is 5.02. The topological polar surface area (TPSA) is 34.2 Å². The molecule has 0 saturated heterocycles. The van der Waals surface area contributed by atoms with Crippen molar-refractivity contribution < 1.29 is 4.74 Å². The average Bonchev–Trinajstić information content (AvgIpc) is 2.42. The molecule has 1 heterocycles. The largest absolute Gasteiger partial charge is 0.383 e. The fourth-order valence-corrected chi connectivity index (χ4v) is 2.56. The number of thioether (sulfide) groups is 1. The predicted molar refractivity (Wildman–Crippen MR) is 78.0 cm³/mol. The smallest absolute Gasteiger partial charge is 0.100 e. The van der Waals surface area contributed by atoms with Crippen molar-refractivity contribution in [2.45, 2.75) is 31.8 Å². The summed E-state index contributed by atoms with van der Waals surface area (Å²) in [5.74, 6) is 1.88. The van der Waals surface area contributed by atoms with E-state index in [4.69, 9.17) is 4.74 Å². The molecule has 0 aromatic carbocycles. The van der Waals surface area contributed by atoms with Crippen LogP contribution < -0.4 is 5.32 Å². The van der Waals surface area contributed by atoms with Crippen LogP contribution in [0.15, 0.2) is 23.4 Å². The Kier molecular flexibility index (Phi) is 8.05. The minimum absolute atomic E-state index is 0.742. The zero-order valence-corrected chi connectivity index (χ0v) is 12.4. The monoisotopic (exact) mass is 268 g/mol. The van der Waals surface area contributed by atoms with Crippen LogP contribution in [0, 0.1) is 5.92 Å². The lowest BCUT2D eigenvalue weighted by molar-refractivity contribution is 0.199. The van der Waals surface area contributed by atoms with Gasteiger partial charge >= 0.3 is 0 Å². The Balaban J connectivity index is 2.45. The van der Waals surface area contributed by atoms with Crippen LogP contribution in [0.4, 0.5) is 0 Å². The molecule has 18 heavy (non-hydrogen) atoms. The molecule has 0 aliphatic carbocycles. The van der Waals surface area contributed by atoms with Gasteiger partial charge in [-0.3, -0.25) is 0 Å². The number of ether oxygens (including phenoxy) is 1. The number of rotatable bonds is 9. The second-order valence-corrected chi connectivity index (χ2v) is 5.47. The van der Waals surface area contributed by atoms with Gasteiger partial charge < -0.3 is 10.1 Å². The Morgan fingerprint density at radius 2 is 2.33 bits per heavy atom. The Hall–Kier alpha value is -0.580. The van der Waals surface area contributed by atoms with E-state index in [1.165, 1.54) is 12.0 Å². The number of hydrogen-bond donors (Lipinski definition) is 1. The molecule has 102 valence electrons. The molecule has 1 aromatic rings. The third-order valence-electron chi connectivity index (χ3n) is 2.85. The van der Waals surface area contributed by atoms with Gasteiger partial charge in [-0.25, -0.2) is 4.98 Å². The summed E-state index contributed by atoms with van der Waals surface area (Å²) in [6.07, 6.45) is 3.10. The summed E-state index contributed by atoms with van der Waals surface area (Å²) in [5.41, 5.74) is 1.28. The highest BCUT2D eigenvalue weighted by atomic mass is 32.2. The van der Waals surface area contributed by atoms with Crippen LogP contribution in [0.25, 0.3) is 0 Å². The van der Waals surface area contributed by atoms with Crippen LogP contribution in [-0.4, -0.2) is 31.0 Å². The van der Waals surface area contributed by atoms with Crippen LogP contribution in [-0.2, 0) is 11.3 Å². The third kappa shape index (κ3) is 5.85. The van der Waals surface area contributed by atoms with Crippen LogP contribution in [0.2, 0.25) is 0 Å². The highest BCUT2D eigenvalue weighted by Gasteiger charge is 2.06. The van der Waals surface area contributed by atoms with Gasteiger partial charge in [0.05, 0.1) is 6.61 Å². The SMILES string of the molecule is CCC(C)CSc1ncccc1CNCCOC. The molecule has 4 heteroatoms. The van der Waals surface area contributed by atoms with Crippen molar-refractivity contribution in [2.75, 3.05) is 26.0 Å². The molecule has 1 aromatic heterocycles. The molecule has 0 fully saturated rings. The Morgan fingerprint density at radius 3 is 3.06 bits per heavy atom. The Bertz CT molecular complexity index is 333. The Labute approximate surface area is 115 Å². The second-order valence-electron chi connectivity index (χ2n) is 4.46. The first-order chi connectivity index (χ1) is 8.77. The summed E-state index contributed by atoms with van der Waals surface area (Å²) < 4.78 is 5.02. The summed E-state index contributed by atoms with van der Waals surface area (Å²) in [4.78, 5) is 4.48. The van der Waals surface area contributed by atoms with Gasteiger partial charge in [-0.1, -0.05) is 26.3 Å². The maximum Gasteiger partial charge on any atom is 0.100 e. The van der Waals surface area contributed by atoms with Gasteiger partial charge in [-0.2, -0.15) is 0 Å². The first-order valence-corrected chi connectivity index (χ1v) is 7.52. The zero-order chi connectivity index (χ0) is 13.2. The average molecular weight is 268 g/mol. The molecular formula is C14H24N2OS. The van der Waals surface area contributed by atoms with E-state index in [1.807, 2.05) is 24.0 Å². The van der Waals surface area contributed by atoms with E-state index in [0.29, 0.717) is 0 Å². The van der Waals surface area contributed by atoms with E-state index >= 15 is 0 Å². The van der Waals surface area contributed by atoms with Crippen molar-refractivity contribution >= 4 is 11.8 Å².